The molecule has 174 valence electrons. The van der Waals surface area contributed by atoms with Crippen LogP contribution < -0.4 is 14.1 Å². The number of carbonyl (C=O) groups excluding carboxylic acids is 1. The average Bonchev–Trinajstić information content (AvgIpc) is 2.75. The van der Waals surface area contributed by atoms with Crippen molar-refractivity contribution in [2.24, 2.45) is 0 Å². The van der Waals surface area contributed by atoms with Gasteiger partial charge in [0.15, 0.2) is 0 Å². The van der Waals surface area contributed by atoms with E-state index in [1.54, 1.807) is 12.1 Å². The van der Waals surface area contributed by atoms with Crippen LogP contribution in [0.4, 0.5) is 5.69 Å². The Labute approximate surface area is 189 Å². The molecule has 1 atom stereocenters. The van der Waals surface area contributed by atoms with E-state index in [2.05, 4.69) is 37.7 Å². The topological polar surface area (TPSA) is 103 Å². The van der Waals surface area contributed by atoms with Crippen molar-refractivity contribution < 1.29 is 23.5 Å². The zero-order chi connectivity index (χ0) is 23.5. The Bertz CT molecular complexity index is 841. The van der Waals surface area contributed by atoms with Crippen molar-refractivity contribution >= 4 is 20.2 Å². The molecule has 9 nitrogen and oxygen atoms in total. The lowest BCUT2D eigenvalue weighted by molar-refractivity contribution is -0.384. The van der Waals surface area contributed by atoms with Crippen molar-refractivity contribution in [3.05, 3.63) is 64.7 Å². The van der Waals surface area contributed by atoms with Gasteiger partial charge in [-0.25, -0.2) is 5.09 Å². The number of nitrogens with zero attached hydrogens (tertiary/aromatic N) is 2. The molecule has 0 fully saturated rings. The largest absolute Gasteiger partial charge is 0.463 e. The highest BCUT2D eigenvalue weighted by Gasteiger charge is 2.19. The fraction of sp³-hybridized carbons (Fsp3) is 0.409. The van der Waals surface area contributed by atoms with Crippen molar-refractivity contribution in [1.29, 1.82) is 0 Å². The molecule has 0 radical (unpaired) electrons. The van der Waals surface area contributed by atoms with Crippen LogP contribution in [0, 0.1) is 10.1 Å². The van der Waals surface area contributed by atoms with Crippen LogP contribution in [0.2, 0.25) is 0 Å². The summed E-state index contributed by atoms with van der Waals surface area (Å²) in [5.41, 5.74) is -0.0426. The first-order valence-electron chi connectivity index (χ1n) is 10.4. The third kappa shape index (κ3) is 8.78. The maximum Gasteiger partial charge on any atom is 0.382 e. The number of nitrogens with one attached hydrogen (secondary N) is 1. The predicted octanol–water partition coefficient (Wildman–Crippen LogP) is 4.53. The van der Waals surface area contributed by atoms with Gasteiger partial charge >= 0.3 is 14.5 Å². The molecule has 0 aromatic heterocycles. The summed E-state index contributed by atoms with van der Waals surface area (Å²) in [6.07, 6.45) is 0. The monoisotopic (exact) mass is 463 g/mol. The molecule has 0 aliphatic rings. The molecule has 2 aromatic carbocycles. The fourth-order valence-electron chi connectivity index (χ4n) is 2.94. The number of esters is 1. The Morgan fingerprint density at radius 2 is 1.56 bits per heavy atom. The van der Waals surface area contributed by atoms with Gasteiger partial charge in [0, 0.05) is 30.8 Å². The van der Waals surface area contributed by atoms with Gasteiger partial charge in [-0.15, -0.1) is 0 Å². The van der Waals surface area contributed by atoms with Gasteiger partial charge in [-0.3, -0.25) is 19.8 Å². The minimum Gasteiger partial charge on any atom is -0.463 e. The van der Waals surface area contributed by atoms with Gasteiger partial charge < -0.3 is 13.8 Å². The number of hydrogen-bond acceptors (Lipinski definition) is 8. The van der Waals surface area contributed by atoms with Crippen molar-refractivity contribution in [2.45, 2.75) is 39.8 Å². The number of nitro benzene ring substituents is 1. The zero-order valence-electron chi connectivity index (χ0n) is 18.8. The quantitative estimate of drug-likeness (QED) is 0.200. The molecule has 2 rings (SSSR count). The molecule has 0 aliphatic heterocycles. The van der Waals surface area contributed by atoms with Gasteiger partial charge in [0.25, 0.3) is 5.69 Å². The number of rotatable bonds is 13. The van der Waals surface area contributed by atoms with Crippen LogP contribution in [0.5, 0.6) is 11.5 Å². The van der Waals surface area contributed by atoms with Crippen LogP contribution in [0.25, 0.3) is 0 Å². The van der Waals surface area contributed by atoms with Gasteiger partial charge in [-0.2, -0.15) is 0 Å². The highest BCUT2D eigenvalue weighted by atomic mass is 31.2. The number of carbonyl (C=O) groups is 1. The third-order valence-electron chi connectivity index (χ3n) is 4.46. The van der Waals surface area contributed by atoms with Crippen molar-refractivity contribution in [3.8, 4) is 11.5 Å². The van der Waals surface area contributed by atoms with Crippen LogP contribution in [0.3, 0.4) is 0 Å². The molecule has 0 bridgehead atoms. The van der Waals surface area contributed by atoms with E-state index in [0.717, 1.165) is 0 Å². The Balaban J connectivity index is 1.92. The number of benzene rings is 2. The highest BCUT2D eigenvalue weighted by Crippen LogP contribution is 2.37. The number of hydrogen-bond donors (Lipinski definition) is 1. The van der Waals surface area contributed by atoms with Crippen molar-refractivity contribution in [1.82, 2.24) is 9.99 Å². The molecule has 0 heterocycles. The molecular formula is C22H30N3O6P. The van der Waals surface area contributed by atoms with E-state index in [-0.39, 0.29) is 18.8 Å². The SMILES string of the molecule is CC(C)N(CCOC(=O)CNP(Oc1ccccc1)Oc1ccc([N+](=O)[O-])cc1)C(C)C. The molecule has 32 heavy (non-hydrogen) atoms. The van der Waals surface area contributed by atoms with Crippen LogP contribution in [0.15, 0.2) is 54.6 Å². The van der Waals surface area contributed by atoms with Crippen LogP contribution in [-0.4, -0.2) is 47.6 Å². The van der Waals surface area contributed by atoms with E-state index in [0.29, 0.717) is 30.1 Å². The maximum absolute atomic E-state index is 12.2. The first kappa shape index (κ1) is 25.5. The molecule has 0 saturated carbocycles. The Hall–Kier alpha value is -2.74. The van der Waals surface area contributed by atoms with Gasteiger partial charge in [-0.1, -0.05) is 18.2 Å². The summed E-state index contributed by atoms with van der Waals surface area (Å²) in [6, 6.07) is 15.4. The minimum atomic E-state index is -1.75. The Kier molecular flexibility index (Phi) is 10.3. The predicted molar refractivity (Wildman–Crippen MR) is 124 cm³/mol. The number of ether oxygens (including phenoxy) is 1. The Morgan fingerprint density at radius 3 is 2.09 bits per heavy atom. The van der Waals surface area contributed by atoms with E-state index in [1.165, 1.54) is 24.3 Å². The first-order chi connectivity index (χ1) is 15.3. The maximum atomic E-state index is 12.2. The summed E-state index contributed by atoms with van der Waals surface area (Å²) < 4.78 is 17.0. The number of para-hydroxylation sites is 1. The van der Waals surface area contributed by atoms with E-state index in [9.17, 15) is 14.9 Å². The van der Waals surface area contributed by atoms with E-state index in [1.807, 2.05) is 18.2 Å². The molecule has 10 heteroatoms. The normalized spacial score (nSPS) is 12.1. The molecule has 0 aliphatic carbocycles. The van der Waals surface area contributed by atoms with Crippen molar-refractivity contribution in [3.63, 3.8) is 0 Å². The van der Waals surface area contributed by atoms with E-state index in [4.69, 9.17) is 13.8 Å². The van der Waals surface area contributed by atoms with Gasteiger partial charge in [0.2, 0.25) is 0 Å². The molecule has 0 spiro atoms. The van der Waals surface area contributed by atoms with Crippen LogP contribution in [0.1, 0.15) is 27.7 Å². The summed E-state index contributed by atoms with van der Waals surface area (Å²) in [5.74, 6) is 0.517. The van der Waals surface area contributed by atoms with Crippen LogP contribution >= 0.6 is 8.53 Å². The molecule has 0 amide bonds. The molecule has 1 unspecified atom stereocenters. The number of nitro groups is 1. The fourth-order valence-corrected chi connectivity index (χ4v) is 3.99. The smallest absolute Gasteiger partial charge is 0.382 e. The van der Waals surface area contributed by atoms with Gasteiger partial charge in [0.05, 0.1) is 4.92 Å². The lowest BCUT2D eigenvalue weighted by atomic mass is 10.2. The van der Waals surface area contributed by atoms with Gasteiger partial charge in [0.1, 0.15) is 24.7 Å². The van der Waals surface area contributed by atoms with E-state index >= 15 is 0 Å². The molecule has 1 N–H and O–H groups in total. The summed E-state index contributed by atoms with van der Waals surface area (Å²) >= 11 is 0. The van der Waals surface area contributed by atoms with E-state index < -0.39 is 19.4 Å². The number of non-ortho nitro benzene ring substituents is 1. The summed E-state index contributed by atoms with van der Waals surface area (Å²) in [4.78, 5) is 24.8. The highest BCUT2D eigenvalue weighted by molar-refractivity contribution is 7.45. The second-order valence-corrected chi connectivity index (χ2v) is 8.68. The summed E-state index contributed by atoms with van der Waals surface area (Å²) in [7, 11) is -1.75. The standard InChI is InChI=1S/C22H30N3O6P/c1-17(2)24(18(3)4)14-15-29-22(26)16-23-32(30-20-8-6-5-7-9-20)31-21-12-10-19(11-13-21)25(27)28/h5-13,17-18,23H,14-16H2,1-4H3. The minimum absolute atomic E-state index is 0.0426. The summed E-state index contributed by atoms with van der Waals surface area (Å²) in [5, 5.41) is 13.8. The first-order valence-corrected chi connectivity index (χ1v) is 11.5. The van der Waals surface area contributed by atoms with Crippen molar-refractivity contribution in [2.75, 3.05) is 19.7 Å². The third-order valence-corrected chi connectivity index (χ3v) is 5.63. The Morgan fingerprint density at radius 1 is 1.00 bits per heavy atom. The lowest BCUT2D eigenvalue weighted by Gasteiger charge is -2.30. The zero-order valence-corrected chi connectivity index (χ0v) is 19.7. The lowest BCUT2D eigenvalue weighted by Crippen LogP contribution is -2.40. The molecule has 0 saturated heterocycles. The van der Waals surface area contributed by atoms with Gasteiger partial charge in [-0.05, 0) is 52.0 Å². The second-order valence-electron chi connectivity index (χ2n) is 7.48. The molecule has 2 aromatic rings. The van der Waals surface area contributed by atoms with Crippen LogP contribution in [-0.2, 0) is 9.53 Å². The average molecular weight is 463 g/mol. The molecular weight excluding hydrogens is 433 g/mol. The summed E-state index contributed by atoms with van der Waals surface area (Å²) in [6.45, 7) is 9.25. The second kappa shape index (κ2) is 13.0.